The molecule has 33 heavy (non-hydrogen) atoms. The average Bonchev–Trinajstić information content (AvgIpc) is 3.08. The van der Waals surface area contributed by atoms with Gasteiger partial charge in [-0.3, -0.25) is 4.79 Å². The summed E-state index contributed by atoms with van der Waals surface area (Å²) in [5.41, 5.74) is 2.73. The summed E-state index contributed by atoms with van der Waals surface area (Å²) in [7, 11) is 0.692. The molecule has 6 nitrogen and oxygen atoms in total. The zero-order valence-electron chi connectivity index (χ0n) is 18.8. The SMILES string of the molecule is COC(=O)CC1CCCc2c1n(Cc1ccc(S(=O)(=O)N(C)C)cc1)c1c(F)cc(F)cc21. The first-order chi connectivity index (χ1) is 15.6. The number of aryl methyl sites for hydroxylation is 1. The van der Waals surface area contributed by atoms with E-state index in [2.05, 4.69) is 0 Å². The van der Waals surface area contributed by atoms with E-state index in [4.69, 9.17) is 4.74 Å². The zero-order chi connectivity index (χ0) is 23.9. The Morgan fingerprint density at radius 1 is 1.18 bits per heavy atom. The van der Waals surface area contributed by atoms with Gasteiger partial charge in [-0.2, -0.15) is 0 Å². The fraction of sp³-hybridized carbons (Fsp3) is 0.375. The standard InChI is InChI=1S/C24H26F2N2O4S/c1-27(2)33(30,31)18-9-7-15(8-10-18)14-28-23-16(11-22(29)32-3)5-4-6-19(23)20-12-17(25)13-21(26)24(20)28/h7-10,12-13,16H,4-6,11,14H2,1-3H3. The molecule has 1 aromatic heterocycles. The van der Waals surface area contributed by atoms with Crippen LogP contribution in [0, 0.1) is 11.6 Å². The van der Waals surface area contributed by atoms with Gasteiger partial charge in [0.05, 0.1) is 23.9 Å². The Labute approximate surface area is 191 Å². The summed E-state index contributed by atoms with van der Waals surface area (Å²) in [6.45, 7) is 0.258. The van der Waals surface area contributed by atoms with Crippen molar-refractivity contribution >= 4 is 26.9 Å². The minimum absolute atomic E-state index is 0.157. The van der Waals surface area contributed by atoms with Crippen LogP contribution in [0.3, 0.4) is 0 Å². The molecular weight excluding hydrogens is 450 g/mol. The van der Waals surface area contributed by atoms with Crippen LogP contribution < -0.4 is 0 Å². The molecule has 1 aliphatic rings. The molecule has 176 valence electrons. The van der Waals surface area contributed by atoms with E-state index in [1.165, 1.54) is 39.4 Å². The highest BCUT2D eigenvalue weighted by molar-refractivity contribution is 7.89. The lowest BCUT2D eigenvalue weighted by Gasteiger charge is -2.25. The molecule has 1 aliphatic carbocycles. The third kappa shape index (κ3) is 4.27. The molecule has 0 spiro atoms. The predicted octanol–water partition coefficient (Wildman–Crippen LogP) is 4.20. The largest absolute Gasteiger partial charge is 0.469 e. The molecule has 1 unspecified atom stereocenters. The molecule has 4 rings (SSSR count). The van der Waals surface area contributed by atoms with E-state index in [9.17, 15) is 17.6 Å². The van der Waals surface area contributed by atoms with Gasteiger partial charge >= 0.3 is 5.97 Å². The van der Waals surface area contributed by atoms with E-state index in [0.29, 0.717) is 17.3 Å². The number of hydrogen-bond acceptors (Lipinski definition) is 4. The van der Waals surface area contributed by atoms with Crippen molar-refractivity contribution in [3.8, 4) is 0 Å². The summed E-state index contributed by atoms with van der Waals surface area (Å²) in [6, 6.07) is 8.63. The van der Waals surface area contributed by atoms with E-state index in [1.807, 2.05) is 4.57 Å². The van der Waals surface area contributed by atoms with E-state index < -0.39 is 21.7 Å². The Kier molecular flexibility index (Phi) is 6.28. The molecule has 3 aromatic rings. The Morgan fingerprint density at radius 3 is 2.52 bits per heavy atom. The van der Waals surface area contributed by atoms with E-state index in [0.717, 1.165) is 40.0 Å². The molecule has 1 atom stereocenters. The average molecular weight is 477 g/mol. The fourth-order valence-corrected chi connectivity index (χ4v) is 5.59. The smallest absolute Gasteiger partial charge is 0.306 e. The van der Waals surface area contributed by atoms with Crippen LogP contribution >= 0.6 is 0 Å². The minimum atomic E-state index is -3.57. The number of nitrogens with zero attached hydrogens (tertiary/aromatic N) is 2. The second-order valence-electron chi connectivity index (χ2n) is 8.53. The van der Waals surface area contributed by atoms with Crippen LogP contribution in [0.5, 0.6) is 0 Å². The summed E-state index contributed by atoms with van der Waals surface area (Å²) in [4.78, 5) is 12.2. The molecule has 0 radical (unpaired) electrons. The minimum Gasteiger partial charge on any atom is -0.469 e. The normalized spacial score (nSPS) is 16.2. The quantitative estimate of drug-likeness (QED) is 0.500. The Morgan fingerprint density at radius 2 is 1.88 bits per heavy atom. The monoisotopic (exact) mass is 476 g/mol. The van der Waals surface area contributed by atoms with Gasteiger partial charge in [0.25, 0.3) is 0 Å². The summed E-state index contributed by atoms with van der Waals surface area (Å²) < 4.78 is 61.7. The lowest BCUT2D eigenvalue weighted by molar-refractivity contribution is -0.141. The number of sulfonamides is 1. The number of ether oxygens (including phenoxy) is 1. The van der Waals surface area contributed by atoms with Crippen LogP contribution in [-0.2, 0) is 32.5 Å². The fourth-order valence-electron chi connectivity index (χ4n) is 4.69. The lowest BCUT2D eigenvalue weighted by Crippen LogP contribution is -2.22. The summed E-state index contributed by atoms with van der Waals surface area (Å²) in [6.07, 6.45) is 2.37. The Bertz CT molecular complexity index is 1310. The number of benzene rings is 2. The van der Waals surface area contributed by atoms with Gasteiger partial charge < -0.3 is 9.30 Å². The Balaban J connectivity index is 1.83. The number of carbonyl (C=O) groups excluding carboxylic acids is 1. The van der Waals surface area contributed by atoms with Crippen molar-refractivity contribution in [2.45, 2.75) is 43.0 Å². The summed E-state index contributed by atoms with van der Waals surface area (Å²) >= 11 is 0. The van der Waals surface area contributed by atoms with Crippen molar-refractivity contribution in [1.82, 2.24) is 8.87 Å². The Hall–Kier alpha value is -2.78. The number of esters is 1. The highest BCUT2D eigenvalue weighted by Crippen LogP contribution is 2.41. The van der Waals surface area contributed by atoms with Crippen molar-refractivity contribution in [3.63, 3.8) is 0 Å². The summed E-state index contributed by atoms with van der Waals surface area (Å²) in [5, 5.41) is 0.517. The third-order valence-corrected chi connectivity index (χ3v) is 8.10. The molecule has 0 saturated heterocycles. The lowest BCUT2D eigenvalue weighted by atomic mass is 9.84. The zero-order valence-corrected chi connectivity index (χ0v) is 19.6. The molecular formula is C24H26F2N2O4S. The number of aromatic nitrogens is 1. The first-order valence-electron chi connectivity index (χ1n) is 10.7. The molecule has 2 aromatic carbocycles. The van der Waals surface area contributed by atoms with E-state index in [1.54, 1.807) is 12.1 Å². The first-order valence-corrected chi connectivity index (χ1v) is 12.2. The number of hydrogen-bond donors (Lipinski definition) is 0. The van der Waals surface area contributed by atoms with Gasteiger partial charge in [-0.1, -0.05) is 12.1 Å². The number of fused-ring (bicyclic) bond motifs is 3. The van der Waals surface area contributed by atoms with Gasteiger partial charge in [-0.05, 0) is 48.6 Å². The summed E-state index contributed by atoms with van der Waals surface area (Å²) in [5.74, 6) is -1.84. The van der Waals surface area contributed by atoms with Crippen molar-refractivity contribution < 1.29 is 26.7 Å². The van der Waals surface area contributed by atoms with E-state index >= 15 is 4.39 Å². The van der Waals surface area contributed by atoms with Gasteiger partial charge in [0.2, 0.25) is 10.0 Å². The van der Waals surface area contributed by atoms with Gasteiger partial charge in [0.1, 0.15) is 11.6 Å². The molecule has 1 heterocycles. The maximum Gasteiger partial charge on any atom is 0.306 e. The van der Waals surface area contributed by atoms with Crippen LogP contribution in [-0.4, -0.2) is 44.5 Å². The first kappa shape index (κ1) is 23.4. The van der Waals surface area contributed by atoms with Crippen LogP contribution in [0.4, 0.5) is 8.78 Å². The number of rotatable bonds is 6. The molecule has 9 heteroatoms. The topological polar surface area (TPSA) is 68.6 Å². The highest BCUT2D eigenvalue weighted by atomic mass is 32.2. The molecule has 0 N–H and O–H groups in total. The highest BCUT2D eigenvalue weighted by Gasteiger charge is 2.31. The van der Waals surface area contributed by atoms with Crippen LogP contribution in [0.15, 0.2) is 41.3 Å². The number of methoxy groups -OCH3 is 1. The third-order valence-electron chi connectivity index (χ3n) is 6.27. The molecule has 0 bridgehead atoms. The van der Waals surface area contributed by atoms with Crippen molar-refractivity contribution in [2.24, 2.45) is 0 Å². The second-order valence-corrected chi connectivity index (χ2v) is 10.7. The van der Waals surface area contributed by atoms with Crippen LogP contribution in [0.2, 0.25) is 0 Å². The number of carbonyl (C=O) groups is 1. The van der Waals surface area contributed by atoms with Gasteiger partial charge in [-0.15, -0.1) is 0 Å². The van der Waals surface area contributed by atoms with Crippen molar-refractivity contribution in [1.29, 1.82) is 0 Å². The molecule has 0 fully saturated rings. The van der Waals surface area contributed by atoms with Gasteiger partial charge in [-0.25, -0.2) is 21.5 Å². The predicted molar refractivity (Wildman–Crippen MR) is 121 cm³/mol. The van der Waals surface area contributed by atoms with Crippen molar-refractivity contribution in [3.05, 3.63) is 64.9 Å². The molecule has 0 saturated carbocycles. The van der Waals surface area contributed by atoms with Crippen molar-refractivity contribution in [2.75, 3.05) is 21.2 Å². The maximum atomic E-state index is 15.0. The van der Waals surface area contributed by atoms with Crippen LogP contribution in [0.1, 0.15) is 42.0 Å². The maximum absolute atomic E-state index is 15.0. The van der Waals surface area contributed by atoms with Gasteiger partial charge in [0.15, 0.2) is 0 Å². The molecule has 0 amide bonds. The van der Waals surface area contributed by atoms with Gasteiger partial charge in [0, 0.05) is 43.7 Å². The second kappa shape index (κ2) is 8.87. The number of halogens is 2. The van der Waals surface area contributed by atoms with E-state index in [-0.39, 0.29) is 29.7 Å². The van der Waals surface area contributed by atoms with Crippen LogP contribution in [0.25, 0.3) is 10.9 Å². The molecule has 0 aliphatic heterocycles.